The van der Waals surface area contributed by atoms with Crippen LogP contribution in [-0.4, -0.2) is 4.57 Å². The molecule has 0 saturated heterocycles. The predicted octanol–water partition coefficient (Wildman–Crippen LogP) is 33.3. The smallest absolute Gasteiger partial charge is 0.144 e. The van der Waals surface area contributed by atoms with Gasteiger partial charge in [-0.05, 0) is 237 Å². The zero-order valence-corrected chi connectivity index (χ0v) is 71.4. The summed E-state index contributed by atoms with van der Waals surface area (Å²) in [6.45, 7) is 24.3. The lowest BCUT2D eigenvalue weighted by atomic mass is 9.70. The minimum atomic E-state index is -0.433. The van der Waals surface area contributed by atoms with E-state index in [-0.39, 0.29) is 16.2 Å². The fourth-order valence-corrected chi connectivity index (χ4v) is 23.8. The molecule has 5 aliphatic rings. The molecule has 0 bridgehead atoms. The second kappa shape index (κ2) is 27.3. The summed E-state index contributed by atoms with van der Waals surface area (Å²) in [5.41, 5.74) is 43.5. The van der Waals surface area contributed by atoms with Crippen LogP contribution in [0.5, 0.6) is 0 Å². The fourth-order valence-electron chi connectivity index (χ4n) is 23.8. The first-order valence-corrected chi connectivity index (χ1v) is 44.9. The predicted molar refractivity (Wildman–Crippen MR) is 510 cm³/mol. The van der Waals surface area contributed by atoms with Gasteiger partial charge < -0.3 is 18.3 Å². The van der Waals surface area contributed by atoms with Crippen molar-refractivity contribution >= 4 is 82.7 Å². The Morgan fingerprint density at radius 2 is 0.702 bits per heavy atom. The summed E-state index contributed by atoms with van der Waals surface area (Å²) in [6.07, 6.45) is 15.4. The number of anilines is 3. The number of hydrogen-bond acceptors (Lipinski definition) is 3. The van der Waals surface area contributed by atoms with E-state index in [9.17, 15) is 0 Å². The van der Waals surface area contributed by atoms with E-state index in [1.807, 2.05) is 0 Å². The normalized spacial score (nSPS) is 15.3. The third kappa shape index (κ3) is 10.7. The summed E-state index contributed by atoms with van der Waals surface area (Å²) >= 11 is 0. The van der Waals surface area contributed by atoms with E-state index in [0.29, 0.717) is 0 Å². The van der Waals surface area contributed by atoms with Crippen LogP contribution in [0.15, 0.2) is 300 Å². The van der Waals surface area contributed by atoms with Crippen LogP contribution in [-0.2, 0) is 27.1 Å². The number of aromatic nitrogens is 1. The molecule has 4 nitrogen and oxygen atoms in total. The van der Waals surface area contributed by atoms with Crippen LogP contribution < -0.4 is 4.90 Å². The molecule has 3 heterocycles. The molecule has 0 N–H and O–H groups in total. The monoisotopic (exact) mass is 1570 g/mol. The lowest BCUT2D eigenvalue weighted by Gasteiger charge is -2.33. The Morgan fingerprint density at radius 3 is 1.36 bits per heavy atom. The second-order valence-corrected chi connectivity index (χ2v) is 38.0. The average Bonchev–Trinajstić information content (AvgIpc) is 1.50. The summed E-state index contributed by atoms with van der Waals surface area (Å²) in [4.78, 5) is 2.54. The Labute approximate surface area is 711 Å². The van der Waals surface area contributed by atoms with Gasteiger partial charge in [-0.25, -0.2) is 0 Å². The van der Waals surface area contributed by atoms with Gasteiger partial charge in [0.25, 0.3) is 0 Å². The van der Waals surface area contributed by atoms with Crippen LogP contribution in [0, 0.1) is 0 Å². The second-order valence-electron chi connectivity index (χ2n) is 38.0. The summed E-state index contributed by atoms with van der Waals surface area (Å²) < 4.78 is 16.9. The molecule has 0 atom stereocenters. The lowest BCUT2D eigenvalue weighted by molar-refractivity contribution is 0.399. The van der Waals surface area contributed by atoms with Crippen molar-refractivity contribution in [2.24, 2.45) is 0 Å². The highest BCUT2D eigenvalue weighted by Crippen LogP contribution is 2.65. The molecule has 0 saturated carbocycles. The molecule has 0 unspecified atom stereocenters. The molecule has 23 rings (SSSR count). The van der Waals surface area contributed by atoms with Gasteiger partial charge in [-0.3, -0.25) is 0 Å². The number of benzene rings is 15. The molecule has 592 valence electrons. The van der Waals surface area contributed by atoms with E-state index in [1.165, 1.54) is 227 Å². The minimum Gasteiger partial charge on any atom is -0.455 e. The highest BCUT2D eigenvalue weighted by molar-refractivity contribution is 6.22. The molecule has 0 fully saturated rings. The molecule has 121 heavy (non-hydrogen) atoms. The van der Waals surface area contributed by atoms with E-state index in [4.69, 9.17) is 8.83 Å². The number of hydrogen-bond donors (Lipinski definition) is 0. The maximum absolute atomic E-state index is 7.23. The molecule has 4 heteroatoms. The van der Waals surface area contributed by atoms with Crippen LogP contribution >= 0.6 is 0 Å². The highest BCUT2D eigenvalue weighted by Gasteiger charge is 2.50. The Hall–Kier alpha value is -12.5. The van der Waals surface area contributed by atoms with Gasteiger partial charge in [0.05, 0.1) is 11.0 Å². The number of unbranched alkanes of at least 4 members (excludes halogenated alkanes) is 8. The van der Waals surface area contributed by atoms with Gasteiger partial charge >= 0.3 is 0 Å². The van der Waals surface area contributed by atoms with Gasteiger partial charge in [0.15, 0.2) is 0 Å². The third-order valence-electron chi connectivity index (χ3n) is 29.8. The molecule has 18 aromatic rings. The number of nitrogens with zero attached hydrogens (tertiary/aromatic N) is 2. The summed E-state index contributed by atoms with van der Waals surface area (Å²) in [6, 6.07) is 112. The van der Waals surface area contributed by atoms with Crippen molar-refractivity contribution in [2.45, 2.75) is 173 Å². The van der Waals surface area contributed by atoms with Gasteiger partial charge in [0.1, 0.15) is 22.3 Å². The number of rotatable bonds is 19. The number of furan rings is 2. The summed E-state index contributed by atoms with van der Waals surface area (Å²) in [5.74, 6) is 0. The molecule has 3 aromatic heterocycles. The van der Waals surface area contributed by atoms with Crippen LogP contribution in [0.3, 0.4) is 0 Å². The van der Waals surface area contributed by atoms with E-state index in [0.717, 1.165) is 72.5 Å². The van der Waals surface area contributed by atoms with Gasteiger partial charge in [-0.2, -0.15) is 0 Å². The van der Waals surface area contributed by atoms with E-state index in [2.05, 4.69) is 370 Å². The van der Waals surface area contributed by atoms with E-state index in [1.54, 1.807) is 11.1 Å². The summed E-state index contributed by atoms with van der Waals surface area (Å²) in [5, 5.41) is 7.12. The van der Waals surface area contributed by atoms with Crippen molar-refractivity contribution in [1.82, 2.24) is 4.57 Å². The molecule has 5 aliphatic carbocycles. The first-order valence-electron chi connectivity index (χ1n) is 44.9. The van der Waals surface area contributed by atoms with Crippen molar-refractivity contribution < 1.29 is 8.83 Å². The Balaban J connectivity index is 0.613. The lowest BCUT2D eigenvalue weighted by Crippen LogP contribution is -2.25. The van der Waals surface area contributed by atoms with Crippen LogP contribution in [0.25, 0.3) is 160 Å². The van der Waals surface area contributed by atoms with Gasteiger partial charge in [-0.1, -0.05) is 334 Å². The first kappa shape index (κ1) is 73.6. The maximum atomic E-state index is 7.23. The Bertz CT molecular complexity index is 7350. The first-order chi connectivity index (χ1) is 59.0. The fraction of sp³-hybridized carbons (Fsp3) is 0.231. The van der Waals surface area contributed by atoms with E-state index < -0.39 is 10.8 Å². The van der Waals surface area contributed by atoms with Gasteiger partial charge in [0.2, 0.25) is 0 Å². The standard InChI is InChI=1S/C117H102N2O2/c1-11-13-15-17-32-62-117(63-33-18-16-14-12-2)93-42-28-22-36-80(93)83-58-52-75(66-98(83)117)74-51-57-82-81-56-50-73(64-94(81)113(3,4)95(82)65-74)71-46-48-72(49-47-71)91-70-99-104(106-89-39-25-30-44-102(89)120-111(91)106)87-60-54-77(67-96(87)114(99,5)6)118(79-53-59-85-84-37-24-29-43-100(84)119(101(85)69-79)76-34-20-19-21-35-76)78-55-61-88-97(68-78)116(9,10)110-108(88)112-107(90-40-26-31-45-103(90)121-112)105-86-38-23-27-41-92(86)115(7,8)109(105)110/h19-31,34-61,64-70H,11-18,32-33,62-63H2,1-10H3. The van der Waals surface area contributed by atoms with Crippen LogP contribution in [0.4, 0.5) is 17.1 Å². The third-order valence-corrected chi connectivity index (χ3v) is 29.8. The van der Waals surface area contributed by atoms with Crippen LogP contribution in [0.1, 0.15) is 202 Å². The summed E-state index contributed by atoms with van der Waals surface area (Å²) in [7, 11) is 0. The van der Waals surface area contributed by atoms with Crippen molar-refractivity contribution in [3.8, 4) is 94.7 Å². The van der Waals surface area contributed by atoms with Crippen LogP contribution in [0.2, 0.25) is 0 Å². The molecule has 0 radical (unpaired) electrons. The zero-order valence-electron chi connectivity index (χ0n) is 71.4. The van der Waals surface area contributed by atoms with Crippen molar-refractivity contribution in [3.63, 3.8) is 0 Å². The molecule has 0 amide bonds. The SMILES string of the molecule is CCCCCCCC1(CCCCCCC)c2ccccc2-c2ccc(-c3ccc4c(c3)C(C)(C)c3cc(-c5ccc(-c6cc7c(c8c6oc6ccccc68)-c6ccc(N(c8ccc9c(c8)C(C)(C)c8c%10c(c%11c(oc%12ccccc%12%11)c8-9)-c8ccccc8C%10(C)C)c8ccc9c%10ccccc%10n(-c%10ccccc%10)c9c8)cc6C7(C)C)cc5)ccc3-4)cc21. The average molecular weight is 1570 g/mol. The van der Waals surface area contributed by atoms with E-state index >= 15 is 0 Å². The number of fused-ring (bicyclic) bond motifs is 28. The highest BCUT2D eigenvalue weighted by atomic mass is 16.3. The molecular weight excluding hydrogens is 1470 g/mol. The van der Waals surface area contributed by atoms with Crippen molar-refractivity contribution in [2.75, 3.05) is 4.90 Å². The molecule has 0 aliphatic heterocycles. The minimum absolute atomic E-state index is 0.0367. The van der Waals surface area contributed by atoms with Gasteiger partial charge in [-0.15, -0.1) is 0 Å². The Kier molecular flexibility index (Phi) is 16.6. The van der Waals surface area contributed by atoms with Gasteiger partial charge in [0, 0.05) is 93.3 Å². The molecular formula is C117H102N2O2. The van der Waals surface area contributed by atoms with Crippen molar-refractivity contribution in [1.29, 1.82) is 0 Å². The molecule has 15 aromatic carbocycles. The zero-order chi connectivity index (χ0) is 81.7. The maximum Gasteiger partial charge on any atom is 0.144 e. The number of para-hydroxylation sites is 4. The quantitative estimate of drug-likeness (QED) is 0.0757. The largest absolute Gasteiger partial charge is 0.455 e. The molecule has 0 spiro atoms. The van der Waals surface area contributed by atoms with Crippen molar-refractivity contribution in [3.05, 3.63) is 347 Å². The topological polar surface area (TPSA) is 34.5 Å². The Morgan fingerprint density at radius 1 is 0.273 bits per heavy atom.